The van der Waals surface area contributed by atoms with Gasteiger partial charge in [-0.3, -0.25) is 0 Å². The molecule has 1 aliphatic carbocycles. The van der Waals surface area contributed by atoms with Gasteiger partial charge in [-0.25, -0.2) is 9.78 Å². The van der Waals surface area contributed by atoms with Gasteiger partial charge >= 0.3 is 6.03 Å². The van der Waals surface area contributed by atoms with Gasteiger partial charge in [-0.05, 0) is 37.1 Å². The quantitative estimate of drug-likeness (QED) is 0.926. The van der Waals surface area contributed by atoms with Crippen molar-refractivity contribution in [1.82, 2.24) is 9.88 Å². The molecule has 1 aliphatic rings. The van der Waals surface area contributed by atoms with Crippen LogP contribution in [0, 0.1) is 18.3 Å². The van der Waals surface area contributed by atoms with Crippen LogP contribution in [0.4, 0.5) is 10.5 Å². The number of hydrogen-bond donors (Lipinski definition) is 1. The van der Waals surface area contributed by atoms with Gasteiger partial charge in [0.1, 0.15) is 5.76 Å². The van der Waals surface area contributed by atoms with Crippen molar-refractivity contribution in [1.29, 1.82) is 5.26 Å². The number of aromatic nitrogens is 1. The summed E-state index contributed by atoms with van der Waals surface area (Å²) in [5.41, 5.74) is 1.24. The fourth-order valence-electron chi connectivity index (χ4n) is 3.05. The molecule has 1 saturated carbocycles. The second kappa shape index (κ2) is 7.18. The van der Waals surface area contributed by atoms with E-state index in [2.05, 4.69) is 16.4 Å². The second-order valence-corrected chi connectivity index (χ2v) is 6.03. The molecule has 0 spiro atoms. The molecule has 6 heteroatoms. The number of anilines is 1. The highest BCUT2D eigenvalue weighted by Crippen LogP contribution is 2.26. The van der Waals surface area contributed by atoms with E-state index in [-0.39, 0.29) is 12.1 Å². The van der Waals surface area contributed by atoms with E-state index < -0.39 is 0 Å². The lowest BCUT2D eigenvalue weighted by atomic mass is 10.2. The van der Waals surface area contributed by atoms with E-state index in [1.807, 2.05) is 4.90 Å². The maximum absolute atomic E-state index is 12.8. The van der Waals surface area contributed by atoms with Gasteiger partial charge in [-0.15, -0.1) is 0 Å². The average molecular weight is 324 g/mol. The van der Waals surface area contributed by atoms with Gasteiger partial charge in [0, 0.05) is 18.7 Å². The summed E-state index contributed by atoms with van der Waals surface area (Å²) in [6, 6.07) is 8.99. The van der Waals surface area contributed by atoms with Crippen LogP contribution in [0.25, 0.3) is 0 Å². The van der Waals surface area contributed by atoms with E-state index in [1.165, 1.54) is 0 Å². The number of hydrogen-bond acceptors (Lipinski definition) is 4. The maximum atomic E-state index is 12.8. The monoisotopic (exact) mass is 324 g/mol. The van der Waals surface area contributed by atoms with Gasteiger partial charge < -0.3 is 14.6 Å². The summed E-state index contributed by atoms with van der Waals surface area (Å²) in [5.74, 6) is 1.29. The topological polar surface area (TPSA) is 82.2 Å². The number of carbonyl (C=O) groups is 1. The SMILES string of the molecule is Cc1ncc(CN(C(=O)Nc2ccc(C#N)cc2)C2CCCC2)o1. The minimum absolute atomic E-state index is 0.152. The van der Waals surface area contributed by atoms with E-state index in [0.717, 1.165) is 25.7 Å². The molecule has 1 N–H and O–H groups in total. The zero-order valence-corrected chi connectivity index (χ0v) is 13.7. The third-order valence-corrected chi connectivity index (χ3v) is 4.29. The summed E-state index contributed by atoms with van der Waals surface area (Å²) in [6.07, 6.45) is 5.97. The first-order chi connectivity index (χ1) is 11.7. The number of benzene rings is 1. The van der Waals surface area contributed by atoms with Crippen LogP contribution in [-0.2, 0) is 6.54 Å². The van der Waals surface area contributed by atoms with Crippen molar-refractivity contribution in [2.45, 2.75) is 45.2 Å². The number of nitrogens with one attached hydrogen (secondary N) is 1. The molecule has 3 rings (SSSR count). The zero-order chi connectivity index (χ0) is 16.9. The first-order valence-electron chi connectivity index (χ1n) is 8.15. The van der Waals surface area contributed by atoms with Crippen LogP contribution in [0.1, 0.15) is 42.9 Å². The number of aryl methyl sites for hydroxylation is 1. The highest BCUT2D eigenvalue weighted by Gasteiger charge is 2.27. The van der Waals surface area contributed by atoms with Gasteiger partial charge in [-0.1, -0.05) is 12.8 Å². The van der Waals surface area contributed by atoms with Crippen molar-refractivity contribution in [3.63, 3.8) is 0 Å². The normalized spacial score (nSPS) is 14.3. The molecule has 2 amide bonds. The number of rotatable bonds is 4. The molecule has 124 valence electrons. The minimum Gasteiger partial charge on any atom is -0.444 e. The Morgan fingerprint density at radius 1 is 1.38 bits per heavy atom. The summed E-state index contributed by atoms with van der Waals surface area (Å²) in [7, 11) is 0. The Balaban J connectivity index is 1.73. The minimum atomic E-state index is -0.152. The van der Waals surface area contributed by atoms with E-state index >= 15 is 0 Å². The molecule has 0 unspecified atom stereocenters. The Morgan fingerprint density at radius 2 is 2.08 bits per heavy atom. The first-order valence-corrected chi connectivity index (χ1v) is 8.15. The summed E-state index contributed by atoms with van der Waals surface area (Å²) in [6.45, 7) is 2.20. The van der Waals surface area contributed by atoms with Crippen molar-refractivity contribution in [3.8, 4) is 6.07 Å². The molecular formula is C18H20N4O2. The van der Waals surface area contributed by atoms with Crippen molar-refractivity contribution >= 4 is 11.7 Å². The van der Waals surface area contributed by atoms with Crippen LogP contribution >= 0.6 is 0 Å². The Morgan fingerprint density at radius 3 is 2.67 bits per heavy atom. The maximum Gasteiger partial charge on any atom is 0.322 e. The molecule has 0 saturated heterocycles. The van der Waals surface area contributed by atoms with E-state index in [4.69, 9.17) is 9.68 Å². The molecule has 0 atom stereocenters. The highest BCUT2D eigenvalue weighted by molar-refractivity contribution is 5.89. The average Bonchev–Trinajstić information content (AvgIpc) is 3.25. The third kappa shape index (κ3) is 3.74. The van der Waals surface area contributed by atoms with Crippen LogP contribution in [0.3, 0.4) is 0 Å². The molecular weight excluding hydrogens is 304 g/mol. The Bertz CT molecular complexity index is 739. The predicted octanol–water partition coefficient (Wildman–Crippen LogP) is 3.83. The predicted molar refractivity (Wildman–Crippen MR) is 89.2 cm³/mol. The van der Waals surface area contributed by atoms with E-state index in [1.54, 1.807) is 37.4 Å². The summed E-state index contributed by atoms with van der Waals surface area (Å²) >= 11 is 0. The van der Waals surface area contributed by atoms with Crippen molar-refractivity contribution in [2.24, 2.45) is 0 Å². The molecule has 0 aliphatic heterocycles. The fraction of sp³-hybridized carbons (Fsp3) is 0.389. The van der Waals surface area contributed by atoms with E-state index in [9.17, 15) is 4.79 Å². The van der Waals surface area contributed by atoms with Gasteiger partial charge in [-0.2, -0.15) is 5.26 Å². The Kier molecular flexibility index (Phi) is 4.80. The molecule has 0 bridgehead atoms. The number of carbonyl (C=O) groups excluding carboxylic acids is 1. The molecule has 6 nitrogen and oxygen atoms in total. The molecule has 1 aromatic heterocycles. The number of amides is 2. The van der Waals surface area contributed by atoms with Crippen LogP contribution in [0.15, 0.2) is 34.9 Å². The number of nitrogens with zero attached hydrogens (tertiary/aromatic N) is 3. The van der Waals surface area contributed by atoms with Crippen molar-refractivity contribution in [3.05, 3.63) is 47.7 Å². The van der Waals surface area contributed by atoms with Crippen molar-refractivity contribution < 1.29 is 9.21 Å². The molecule has 1 heterocycles. The molecule has 24 heavy (non-hydrogen) atoms. The number of urea groups is 1. The lowest BCUT2D eigenvalue weighted by molar-refractivity contribution is 0.178. The summed E-state index contributed by atoms with van der Waals surface area (Å²) < 4.78 is 5.54. The smallest absolute Gasteiger partial charge is 0.322 e. The summed E-state index contributed by atoms with van der Waals surface area (Å²) in [4.78, 5) is 18.7. The van der Waals surface area contributed by atoms with Gasteiger partial charge in [0.05, 0.1) is 24.4 Å². The zero-order valence-electron chi connectivity index (χ0n) is 13.7. The van der Waals surface area contributed by atoms with Gasteiger partial charge in [0.15, 0.2) is 5.89 Å². The number of oxazole rings is 1. The Labute approximate surface area is 141 Å². The lowest BCUT2D eigenvalue weighted by Gasteiger charge is -2.28. The lowest BCUT2D eigenvalue weighted by Crippen LogP contribution is -2.41. The second-order valence-electron chi connectivity index (χ2n) is 6.03. The van der Waals surface area contributed by atoms with Crippen LogP contribution < -0.4 is 5.32 Å². The fourth-order valence-corrected chi connectivity index (χ4v) is 3.05. The molecule has 1 fully saturated rings. The Hall–Kier alpha value is -2.81. The van der Waals surface area contributed by atoms with Crippen LogP contribution in [0.5, 0.6) is 0 Å². The highest BCUT2D eigenvalue weighted by atomic mass is 16.4. The molecule has 0 radical (unpaired) electrons. The molecule has 1 aromatic carbocycles. The van der Waals surface area contributed by atoms with E-state index in [0.29, 0.717) is 29.4 Å². The van der Waals surface area contributed by atoms with Crippen LogP contribution in [0.2, 0.25) is 0 Å². The first kappa shape index (κ1) is 16.1. The third-order valence-electron chi connectivity index (χ3n) is 4.29. The summed E-state index contributed by atoms with van der Waals surface area (Å²) in [5, 5.41) is 11.8. The van der Waals surface area contributed by atoms with Crippen LogP contribution in [-0.4, -0.2) is 22.0 Å². The largest absolute Gasteiger partial charge is 0.444 e. The number of nitriles is 1. The van der Waals surface area contributed by atoms with Crippen molar-refractivity contribution in [2.75, 3.05) is 5.32 Å². The molecule has 2 aromatic rings. The van der Waals surface area contributed by atoms with Gasteiger partial charge in [0.25, 0.3) is 0 Å². The van der Waals surface area contributed by atoms with Gasteiger partial charge in [0.2, 0.25) is 0 Å². The standard InChI is InChI=1S/C18H20N4O2/c1-13-20-11-17(24-13)12-22(16-4-2-3-5-16)18(23)21-15-8-6-14(10-19)7-9-15/h6-9,11,16H,2-5,12H2,1H3,(H,21,23).